The molecule has 5 heterocycles. The molecular weight excluding hydrogens is 1880 g/mol. The third-order valence-electron chi connectivity index (χ3n) is 33.0. The number of fused-ring (bicyclic) bond motifs is 20. The molecule has 0 spiro atoms. The predicted octanol–water partition coefficient (Wildman–Crippen LogP) is 22.5. The Labute approximate surface area is 885 Å². The smallest absolute Gasteiger partial charge is 0.0623 e. The Balaban J connectivity index is 0.0000000945. The molecule has 0 radical (unpaired) electrons. The van der Waals surface area contributed by atoms with Crippen LogP contribution in [0.3, 0.4) is 0 Å². The molecule has 710 valence electrons. The standard InChI is InChI=1S/5C29H22Si/c1-21-11-10-12-22-19-29-27(20-26(21)22)25-17-8-9-18-28(25)30(29,23-13-4-2-5-14-23)24-15-6-3-7-16-24;1-21-16-17-28-26(18-21)27-19-22-10-8-9-11-23(22)20-29(27)30(28,24-12-4-2-5-13-24)25-14-6-3-7-15-25;1-21-16-17-26-27-19-22-10-8-9-11-23(22)20-29(27)30(28(26)18-21,24-12-4-2-5-13-24)25-14-6-3-7-15-25;1-21-16-17-22-20-29-27(19-23(22)18-21)26-14-8-9-15-28(26)30(29,24-10-4-2-5-11-24)25-12-6-3-7-13-25;1-21-10-9-15-25(18-21)30(24-13-3-2-4-14-24)28-17-8-7-16-26(28)27-19-22-11-5-6-12-23(22)20-29(27)30/h5*2-20H,1H3. The van der Waals surface area contributed by atoms with Crippen LogP contribution >= 0.6 is 0 Å². The molecule has 5 aliphatic rings. The minimum atomic E-state index is -2.37. The highest BCUT2D eigenvalue weighted by Crippen LogP contribution is 2.40. The Bertz CT molecular complexity index is 9260. The van der Waals surface area contributed by atoms with Crippen molar-refractivity contribution in [2.24, 2.45) is 0 Å². The average Bonchev–Trinajstić information content (AvgIpc) is 1.55. The van der Waals surface area contributed by atoms with Crippen LogP contribution in [0.4, 0.5) is 0 Å². The van der Waals surface area contributed by atoms with E-state index >= 15 is 0 Å². The summed E-state index contributed by atoms with van der Waals surface area (Å²) in [5.41, 5.74) is 20.7. The van der Waals surface area contributed by atoms with E-state index in [1.54, 1.807) is 0 Å². The Morgan fingerprint density at radius 1 is 0.107 bits per heavy atom. The topological polar surface area (TPSA) is 0 Å². The minimum Gasteiger partial charge on any atom is -0.0623 e. The zero-order chi connectivity index (χ0) is 101. The quantitative estimate of drug-likeness (QED) is 0.120. The molecule has 5 heteroatoms. The molecule has 0 saturated heterocycles. The van der Waals surface area contributed by atoms with Gasteiger partial charge >= 0.3 is 0 Å². The van der Waals surface area contributed by atoms with E-state index in [-0.39, 0.29) is 0 Å². The van der Waals surface area contributed by atoms with Crippen molar-refractivity contribution in [1.82, 2.24) is 0 Å². The molecule has 150 heavy (non-hydrogen) atoms. The highest BCUT2D eigenvalue weighted by molar-refractivity contribution is 7.25. The van der Waals surface area contributed by atoms with Crippen molar-refractivity contribution in [1.29, 1.82) is 0 Å². The number of rotatable bonds is 10. The summed E-state index contributed by atoms with van der Waals surface area (Å²) < 4.78 is 0. The zero-order valence-electron chi connectivity index (χ0n) is 84.8. The van der Waals surface area contributed by atoms with E-state index in [9.17, 15) is 0 Å². The molecular formula is C145H110Si5. The second-order valence-electron chi connectivity index (χ2n) is 41.3. The maximum Gasteiger partial charge on any atom is 0.180 e. The van der Waals surface area contributed by atoms with E-state index in [0.29, 0.717) is 0 Å². The van der Waals surface area contributed by atoms with Crippen LogP contribution in [0.1, 0.15) is 27.8 Å². The first kappa shape index (κ1) is 92.7. The fraction of sp³-hybridized carbons (Fsp3) is 0.0345. The van der Waals surface area contributed by atoms with Gasteiger partial charge in [-0.2, -0.15) is 0 Å². The minimum absolute atomic E-state index is 1.31. The maximum absolute atomic E-state index is 2.49. The van der Waals surface area contributed by atoms with E-state index in [4.69, 9.17) is 0 Å². The second kappa shape index (κ2) is 38.3. The summed E-state index contributed by atoms with van der Waals surface area (Å²) in [5.74, 6) is 0. The van der Waals surface area contributed by atoms with E-state index < -0.39 is 40.4 Å². The van der Waals surface area contributed by atoms with Crippen LogP contribution in [-0.2, 0) is 0 Å². The zero-order valence-corrected chi connectivity index (χ0v) is 89.8. The molecule has 0 amide bonds. The van der Waals surface area contributed by atoms with Crippen LogP contribution in [0.15, 0.2) is 576 Å². The highest BCUT2D eigenvalue weighted by atomic mass is 28.3. The van der Waals surface area contributed by atoms with Crippen molar-refractivity contribution in [3.05, 3.63) is 604 Å². The first-order chi connectivity index (χ1) is 73.9. The van der Waals surface area contributed by atoms with Crippen LogP contribution < -0.4 is 104 Å². The Morgan fingerprint density at radius 3 is 0.693 bits per heavy atom. The lowest BCUT2D eigenvalue weighted by atomic mass is 9.99. The lowest BCUT2D eigenvalue weighted by molar-refractivity contribution is 1.49. The molecule has 1 atom stereocenters. The summed E-state index contributed by atoms with van der Waals surface area (Å²) in [6.45, 7) is 11.0. The molecule has 0 fully saturated rings. The Hall–Kier alpha value is -17.1. The van der Waals surface area contributed by atoms with Crippen LogP contribution in [0.2, 0.25) is 0 Å². The van der Waals surface area contributed by atoms with E-state index in [0.717, 1.165) is 0 Å². The van der Waals surface area contributed by atoms with E-state index in [1.807, 2.05) is 0 Å². The molecule has 0 bridgehead atoms. The lowest BCUT2D eigenvalue weighted by Crippen LogP contribution is -2.72. The summed E-state index contributed by atoms with van der Waals surface area (Å²) in [5, 5.41) is 42.9. The number of hydrogen-bond donors (Lipinski definition) is 0. The molecule has 25 aromatic rings. The van der Waals surface area contributed by atoms with Gasteiger partial charge in [-0.25, -0.2) is 0 Å². The van der Waals surface area contributed by atoms with Gasteiger partial charge in [0.25, 0.3) is 0 Å². The van der Waals surface area contributed by atoms with E-state index in [2.05, 4.69) is 611 Å². The molecule has 25 aromatic carbocycles. The third-order valence-corrected chi connectivity index (χ3v) is 57.2. The Morgan fingerprint density at radius 2 is 0.327 bits per heavy atom. The molecule has 0 N–H and O–H groups in total. The van der Waals surface area contributed by atoms with Gasteiger partial charge in [0.1, 0.15) is 0 Å². The molecule has 0 aromatic heterocycles. The van der Waals surface area contributed by atoms with Gasteiger partial charge in [-0.05, 0) is 284 Å². The molecule has 0 saturated carbocycles. The summed E-state index contributed by atoms with van der Waals surface area (Å²) >= 11 is 0. The molecule has 0 aliphatic carbocycles. The first-order valence-corrected chi connectivity index (χ1v) is 62.7. The van der Waals surface area contributed by atoms with Crippen LogP contribution in [-0.4, -0.2) is 40.4 Å². The fourth-order valence-corrected chi connectivity index (χ4v) is 52.8. The van der Waals surface area contributed by atoms with Crippen molar-refractivity contribution in [2.45, 2.75) is 34.6 Å². The van der Waals surface area contributed by atoms with Crippen LogP contribution in [0.25, 0.3) is 109 Å². The molecule has 5 aliphatic heterocycles. The normalized spacial score (nSPS) is 14.4. The van der Waals surface area contributed by atoms with Gasteiger partial charge in [0, 0.05) is 0 Å². The maximum atomic E-state index is 2.49. The van der Waals surface area contributed by atoms with Crippen molar-refractivity contribution in [3.63, 3.8) is 0 Å². The van der Waals surface area contributed by atoms with Gasteiger partial charge in [0.2, 0.25) is 0 Å². The summed E-state index contributed by atoms with van der Waals surface area (Å²) in [6, 6.07) is 216. The van der Waals surface area contributed by atoms with Gasteiger partial charge in [-0.1, -0.05) is 568 Å². The SMILES string of the molecule is Cc1ccc2c(c1)-c1cc3ccccc3cc1[Si]2(c1ccccc1)c1ccccc1.Cc1ccc2c(c1)[Si](c1ccccc1)(c1ccccc1)c1cc3ccccc3cc1-2.Cc1ccc2cc3c(cc2c1)-c1ccccc1[Si]3(c1ccccc1)c1ccccc1.Cc1cccc([Si]2(c3ccccc3)c3ccccc3-c3cc4ccccc4cc32)c1.Cc1cccc2cc3c(cc12)-c1ccccc1[Si]3(c1ccccc1)c1ccccc1. The molecule has 1 unspecified atom stereocenters. The van der Waals surface area contributed by atoms with Crippen molar-refractivity contribution >= 4 is 198 Å². The highest BCUT2D eigenvalue weighted by Gasteiger charge is 2.55. The summed E-state index contributed by atoms with van der Waals surface area (Å²) in [7, 11) is -11.8. The largest absolute Gasteiger partial charge is 0.180 e. The lowest BCUT2D eigenvalue weighted by Gasteiger charge is -2.31. The monoisotopic (exact) mass is 1990 g/mol. The van der Waals surface area contributed by atoms with Crippen molar-refractivity contribution in [2.75, 3.05) is 0 Å². The molecule has 30 rings (SSSR count). The van der Waals surface area contributed by atoms with Gasteiger partial charge in [0.05, 0.1) is 0 Å². The van der Waals surface area contributed by atoms with Crippen LogP contribution in [0, 0.1) is 34.6 Å². The van der Waals surface area contributed by atoms with E-state index in [1.165, 1.54) is 241 Å². The predicted molar refractivity (Wildman–Crippen MR) is 656 cm³/mol. The number of benzene rings is 25. The Kier molecular flexibility index (Phi) is 23.7. The summed E-state index contributed by atoms with van der Waals surface area (Å²) in [6.07, 6.45) is 0. The second-order valence-corrected chi connectivity index (χ2v) is 60.0. The van der Waals surface area contributed by atoms with Gasteiger partial charge in [-0.3, -0.25) is 0 Å². The van der Waals surface area contributed by atoms with Crippen LogP contribution in [0.5, 0.6) is 0 Å². The number of hydrogen-bond acceptors (Lipinski definition) is 0. The third kappa shape index (κ3) is 15.0. The van der Waals surface area contributed by atoms with Gasteiger partial charge in [-0.15, -0.1) is 0 Å². The fourth-order valence-electron chi connectivity index (χ4n) is 26.6. The van der Waals surface area contributed by atoms with Crippen molar-refractivity contribution in [3.8, 4) is 55.6 Å². The summed E-state index contributed by atoms with van der Waals surface area (Å²) in [4.78, 5) is 0. The van der Waals surface area contributed by atoms with Gasteiger partial charge < -0.3 is 0 Å². The first-order valence-electron chi connectivity index (χ1n) is 52.7. The average molecular weight is 1990 g/mol. The van der Waals surface area contributed by atoms with Crippen molar-refractivity contribution < 1.29 is 0 Å². The molecule has 0 nitrogen and oxygen atoms in total. The number of aryl methyl sites for hydroxylation is 5. The van der Waals surface area contributed by atoms with Gasteiger partial charge in [0.15, 0.2) is 40.4 Å².